The Balaban J connectivity index is 1.02. The lowest BCUT2D eigenvalue weighted by Crippen LogP contribution is -2.65. The zero-order valence-corrected chi connectivity index (χ0v) is 51.9. The Morgan fingerprint density at radius 1 is 0.632 bits per heavy atom. The van der Waals surface area contributed by atoms with Crippen LogP contribution < -0.4 is 10.6 Å². The van der Waals surface area contributed by atoms with Crippen LogP contribution in [0.3, 0.4) is 0 Å². The highest BCUT2D eigenvalue weighted by atomic mass is 28.4. The topological polar surface area (TPSA) is 250 Å². The van der Waals surface area contributed by atoms with Crippen molar-refractivity contribution in [3.8, 4) is 0 Å². The number of hydrogen-bond acceptors (Lipinski definition) is 18. The Hall–Kier alpha value is -5.44. The maximum absolute atomic E-state index is 13.9. The van der Waals surface area contributed by atoms with Crippen molar-refractivity contribution in [1.29, 1.82) is 0 Å². The number of nitrogens with one attached hydrogen (secondary N) is 2. The number of amides is 2. The molecule has 6 N–H and O–H groups in total. The van der Waals surface area contributed by atoms with E-state index < -0.39 is 143 Å². The molecule has 20 nitrogen and oxygen atoms in total. The molecule has 20 atom stereocenters. The average Bonchev–Trinajstić information content (AvgIpc) is 1.93. The van der Waals surface area contributed by atoms with E-state index in [1.807, 2.05) is 153 Å². The minimum atomic E-state index is -2.52. The van der Waals surface area contributed by atoms with E-state index in [-0.39, 0.29) is 51.0 Å². The number of hydrogen-bond donors (Lipinski definition) is 6. The molecule has 4 aromatic rings. The molecule has 4 aromatic carbocycles. The Bertz CT molecular complexity index is 2820. The molecule has 0 aromatic heterocycles. The van der Waals surface area contributed by atoms with E-state index in [2.05, 4.69) is 44.5 Å². The van der Waals surface area contributed by atoms with Gasteiger partial charge in [0.15, 0.2) is 33.5 Å². The third-order valence-corrected chi connectivity index (χ3v) is 22.0. The highest BCUT2D eigenvalue weighted by Crippen LogP contribution is 2.43. The van der Waals surface area contributed by atoms with Crippen molar-refractivity contribution in [1.82, 2.24) is 10.6 Å². The van der Waals surface area contributed by atoms with Crippen LogP contribution in [0.4, 0.5) is 9.59 Å². The molecule has 0 bridgehead atoms. The fourth-order valence-electron chi connectivity index (χ4n) is 11.1. The summed E-state index contributed by atoms with van der Waals surface area (Å²) >= 11 is 0. The summed E-state index contributed by atoms with van der Waals surface area (Å²) in [5, 5.41) is 53.1. The summed E-state index contributed by atoms with van der Waals surface area (Å²) in [5.41, 5.74) is 3.34. The summed E-state index contributed by atoms with van der Waals surface area (Å²) in [6.45, 7) is 15.7. The summed E-state index contributed by atoms with van der Waals surface area (Å²) in [7, 11) is -2.52. The highest BCUT2D eigenvalue weighted by molar-refractivity contribution is 6.74. The fraction of sp³-hybridized carbons (Fsp3) is 0.545. The number of carbonyl (C=O) groups is 2. The Morgan fingerprint density at radius 3 is 1.86 bits per heavy atom. The van der Waals surface area contributed by atoms with E-state index in [0.717, 1.165) is 22.3 Å². The number of aliphatic hydroxyl groups is 4. The van der Waals surface area contributed by atoms with Gasteiger partial charge in [-0.1, -0.05) is 187 Å². The van der Waals surface area contributed by atoms with E-state index in [4.69, 9.17) is 56.5 Å². The van der Waals surface area contributed by atoms with E-state index in [1.54, 1.807) is 13.8 Å². The summed E-state index contributed by atoms with van der Waals surface area (Å²) in [6, 6.07) is 36.8. The maximum atomic E-state index is 13.9. The van der Waals surface area contributed by atoms with E-state index in [1.165, 1.54) is 0 Å². The molecule has 5 aliphatic rings. The Kier molecular flexibility index (Phi) is 23.0. The molecule has 0 spiro atoms. The highest BCUT2D eigenvalue weighted by Gasteiger charge is 2.57. The first-order valence-corrected chi connectivity index (χ1v) is 33.2. The molecule has 4 saturated heterocycles. The van der Waals surface area contributed by atoms with Crippen LogP contribution in [0.1, 0.15) is 76.5 Å². The molecule has 9 rings (SSSR count). The normalized spacial score (nSPS) is 33.9. The number of rotatable bonds is 22. The third kappa shape index (κ3) is 17.1. The van der Waals surface area contributed by atoms with Crippen molar-refractivity contribution < 1.29 is 86.5 Å². The van der Waals surface area contributed by atoms with Crippen molar-refractivity contribution in [2.75, 3.05) is 26.4 Å². The lowest BCUT2D eigenvalue weighted by atomic mass is 9.80. The number of ether oxygens (including phenoxy) is 11. The summed E-state index contributed by atoms with van der Waals surface area (Å²) < 4.78 is 78.6. The molecule has 5 fully saturated rings. The maximum Gasteiger partial charge on any atom is 0.407 e. The van der Waals surface area contributed by atoms with Gasteiger partial charge in [-0.3, -0.25) is 0 Å². The van der Waals surface area contributed by atoms with Gasteiger partial charge in [0.1, 0.15) is 68.1 Å². The number of fused-ring (bicyclic) bond motifs is 1. The monoisotopic (exact) mass is 1220 g/mol. The first-order valence-electron chi connectivity index (χ1n) is 30.3. The van der Waals surface area contributed by atoms with Crippen LogP contribution in [-0.2, 0) is 69.7 Å². The first kappa shape index (κ1) is 66.0. The second-order valence-electron chi connectivity index (χ2n) is 24.8. The predicted octanol–water partition coefficient (Wildman–Crippen LogP) is 8.08. The van der Waals surface area contributed by atoms with E-state index in [9.17, 15) is 30.0 Å². The van der Waals surface area contributed by atoms with Crippen LogP contribution in [0.2, 0.25) is 18.1 Å². The molecule has 1 unspecified atom stereocenters. The van der Waals surface area contributed by atoms with Crippen molar-refractivity contribution in [3.05, 3.63) is 162 Å². The molecular formula is C66H88N2O18Si. The second-order valence-corrected chi connectivity index (χ2v) is 29.6. The number of aliphatic hydroxyl groups excluding tert-OH is 4. The summed E-state index contributed by atoms with van der Waals surface area (Å²) in [4.78, 5) is 26.9. The number of carbonyl (C=O) groups excluding carboxylic acids is 2. The van der Waals surface area contributed by atoms with Gasteiger partial charge in [-0.2, -0.15) is 0 Å². The summed E-state index contributed by atoms with van der Waals surface area (Å²) in [5.74, 6) is -2.07. The first-order chi connectivity index (χ1) is 41.7. The van der Waals surface area contributed by atoms with Gasteiger partial charge in [0.25, 0.3) is 0 Å². The van der Waals surface area contributed by atoms with Gasteiger partial charge in [-0.15, -0.1) is 0 Å². The average molecular weight is 1230 g/mol. The quantitative estimate of drug-likeness (QED) is 0.0321. The smallest absolute Gasteiger partial charge is 0.407 e. The lowest BCUT2D eigenvalue weighted by Gasteiger charge is -2.50. The van der Waals surface area contributed by atoms with Crippen molar-refractivity contribution in [3.63, 3.8) is 0 Å². The zero-order chi connectivity index (χ0) is 61.8. The predicted molar refractivity (Wildman–Crippen MR) is 322 cm³/mol. The number of benzene rings is 4. The molecule has 87 heavy (non-hydrogen) atoms. The van der Waals surface area contributed by atoms with Crippen LogP contribution in [0, 0.1) is 17.8 Å². The SMILES string of the molecule is C[C@H]1[C@@H](O[C@H]2[C@@H](OC/C=C/C=C/c3ccccc3)[C@H](O[C@@H]3[C@@H](O)[C@H](C)C[C@H](NC(=O)OCc4ccccc4)[C@H]3O[C@H]3O[C@@H]4COC(c5ccccc5)O[C@H]4[C@H](O)[C@H]3C)O[C@@H]2CO[Si](C)(C)C(C)(C)C)O[C@@H](CNC(=O)OCc2ccccc2)[C@@H](O)[C@@H]1O. The molecule has 21 heteroatoms. The second kappa shape index (κ2) is 30.4. The Labute approximate surface area is 511 Å². The molecule has 1 saturated carbocycles. The zero-order valence-electron chi connectivity index (χ0n) is 50.9. The lowest BCUT2D eigenvalue weighted by molar-refractivity contribution is -0.366. The molecule has 1 aliphatic carbocycles. The number of alkyl carbamates (subject to hydrolysis) is 2. The third-order valence-electron chi connectivity index (χ3n) is 17.5. The Morgan fingerprint density at radius 2 is 1.21 bits per heavy atom. The minimum Gasteiger partial charge on any atom is -0.445 e. The van der Waals surface area contributed by atoms with Crippen molar-refractivity contribution in [2.24, 2.45) is 17.8 Å². The van der Waals surface area contributed by atoms with Gasteiger partial charge >= 0.3 is 12.2 Å². The van der Waals surface area contributed by atoms with Gasteiger partial charge < -0.3 is 87.6 Å². The van der Waals surface area contributed by atoms with Crippen LogP contribution in [0.15, 0.2) is 140 Å². The largest absolute Gasteiger partial charge is 0.445 e. The van der Waals surface area contributed by atoms with Gasteiger partial charge in [-0.25, -0.2) is 9.59 Å². The van der Waals surface area contributed by atoms with Crippen LogP contribution in [-0.4, -0.2) is 165 Å². The van der Waals surface area contributed by atoms with Crippen LogP contribution in [0.25, 0.3) is 6.08 Å². The van der Waals surface area contributed by atoms with Gasteiger partial charge in [-0.05, 0) is 47.2 Å². The van der Waals surface area contributed by atoms with Gasteiger partial charge in [0, 0.05) is 23.9 Å². The van der Waals surface area contributed by atoms with Crippen molar-refractivity contribution in [2.45, 2.75) is 184 Å². The minimum absolute atomic E-state index is 0.00682. The summed E-state index contributed by atoms with van der Waals surface area (Å²) in [6.07, 6.45) is -11.7. The van der Waals surface area contributed by atoms with E-state index >= 15 is 0 Å². The number of allylic oxidation sites excluding steroid dienone is 2. The molecule has 4 heterocycles. The van der Waals surface area contributed by atoms with Crippen molar-refractivity contribution >= 4 is 26.6 Å². The van der Waals surface area contributed by atoms with E-state index in [0.29, 0.717) is 0 Å². The standard InChI is InChI=1S/C66H88N2O18Si/c1-40-34-47(68-65(74)78-37-45-29-18-11-19-30-45)55(83-61-42(3)53(71)56-49(81-61)38-76-62(84-56)46-31-21-12-22-32-46)58(51(40)69)86-63-59(75-33-23-13-20-26-43-24-14-9-15-25-43)57(50(82-63)39-79-87(7,8)66(4,5)6)85-60-41(2)52(70)54(72)48(80-60)35-67-64(73)77-36-44-27-16-10-17-28-44/h9-32,40-42,47-63,69-72H,33-39H2,1-8H3,(H,67,73)(H,68,74)/b23-13+,26-20+/t40-,41-,42-,47+,48+,49-,50-,51+,52-,53-,54-,55-,56-,57-,58-,59-,60-,61-,62?,63+/m1/s1. The van der Waals surface area contributed by atoms with Gasteiger partial charge in [0.2, 0.25) is 0 Å². The fourth-order valence-corrected chi connectivity index (χ4v) is 12.1. The molecule has 474 valence electrons. The van der Waals surface area contributed by atoms with Gasteiger partial charge in [0.05, 0.1) is 44.2 Å². The van der Waals surface area contributed by atoms with Crippen LogP contribution >= 0.6 is 0 Å². The molecular weight excluding hydrogens is 1140 g/mol. The molecule has 4 aliphatic heterocycles. The molecule has 2 amide bonds. The molecule has 0 radical (unpaired) electrons. The van der Waals surface area contributed by atoms with Crippen LogP contribution in [0.5, 0.6) is 0 Å².